The van der Waals surface area contributed by atoms with Crippen molar-refractivity contribution < 1.29 is 23.1 Å². The van der Waals surface area contributed by atoms with E-state index in [0.717, 1.165) is 33.8 Å². The van der Waals surface area contributed by atoms with Gasteiger partial charge in [0, 0.05) is 10.2 Å². The van der Waals surface area contributed by atoms with Gasteiger partial charge in [-0.15, -0.1) is 0 Å². The maximum Gasteiger partial charge on any atom is 0.326 e. The molecular weight excluding hydrogens is 518 g/mol. The zero-order valence-electron chi connectivity index (χ0n) is 18.2. The topological polar surface area (TPSA) is 67.4 Å². The summed E-state index contributed by atoms with van der Waals surface area (Å²) in [5.41, 5.74) is 2.56. The van der Waals surface area contributed by atoms with Crippen LogP contribution < -0.4 is 15.4 Å². The Morgan fingerprint density at radius 2 is 1.61 bits per heavy atom. The fourth-order valence-corrected chi connectivity index (χ4v) is 3.84. The van der Waals surface area contributed by atoms with E-state index in [1.807, 2.05) is 31.3 Å². The van der Waals surface area contributed by atoms with Gasteiger partial charge in [0.25, 0.3) is 5.91 Å². The molecule has 0 aliphatic heterocycles. The number of carbonyl (C=O) groups is 2. The first-order valence-corrected chi connectivity index (χ1v) is 11.0. The second-order valence-corrected chi connectivity index (χ2v) is 8.64. The summed E-state index contributed by atoms with van der Waals surface area (Å²) in [6, 6.07) is 7.34. The molecule has 0 atom stereocenters. The second kappa shape index (κ2) is 9.89. The van der Waals surface area contributed by atoms with Crippen LogP contribution in [0.25, 0.3) is 0 Å². The molecule has 3 rings (SSSR count). The standard InChI is InChI=1S/C24H20BrClF2N2O3/c1-11-10-18(29-24(32)30-23(31)20-16(27)6-5-7-17(20)28)14(4)21(26)22(11)33-19-9-8-15(25)12(2)13(19)3/h5-10H,1-4H3,(H2,29,30,31,32). The van der Waals surface area contributed by atoms with Gasteiger partial charge in [0.2, 0.25) is 0 Å². The molecule has 5 nitrogen and oxygen atoms in total. The first-order valence-electron chi connectivity index (χ1n) is 9.80. The summed E-state index contributed by atoms with van der Waals surface area (Å²) in [7, 11) is 0. The Balaban J connectivity index is 1.82. The monoisotopic (exact) mass is 536 g/mol. The normalized spacial score (nSPS) is 10.7. The first-order chi connectivity index (χ1) is 15.5. The van der Waals surface area contributed by atoms with Crippen molar-refractivity contribution in [3.05, 3.63) is 85.3 Å². The number of anilines is 1. The van der Waals surface area contributed by atoms with Gasteiger partial charge in [-0.3, -0.25) is 10.1 Å². The van der Waals surface area contributed by atoms with Gasteiger partial charge in [-0.05, 0) is 80.3 Å². The molecule has 0 aliphatic carbocycles. The van der Waals surface area contributed by atoms with Crippen LogP contribution in [-0.4, -0.2) is 11.9 Å². The molecule has 0 saturated heterocycles. The van der Waals surface area contributed by atoms with Crippen molar-refractivity contribution in [2.24, 2.45) is 0 Å². The maximum absolute atomic E-state index is 13.8. The van der Waals surface area contributed by atoms with Gasteiger partial charge in [0.15, 0.2) is 0 Å². The summed E-state index contributed by atoms with van der Waals surface area (Å²) in [5.74, 6) is -2.29. The van der Waals surface area contributed by atoms with E-state index in [1.165, 1.54) is 0 Å². The highest BCUT2D eigenvalue weighted by Gasteiger charge is 2.21. The number of hydrogen-bond donors (Lipinski definition) is 2. The molecule has 0 aromatic heterocycles. The summed E-state index contributed by atoms with van der Waals surface area (Å²) in [6.07, 6.45) is 0. The predicted molar refractivity (Wildman–Crippen MR) is 127 cm³/mol. The van der Waals surface area contributed by atoms with E-state index in [4.69, 9.17) is 16.3 Å². The van der Waals surface area contributed by atoms with E-state index < -0.39 is 29.1 Å². The second-order valence-electron chi connectivity index (χ2n) is 7.41. The lowest BCUT2D eigenvalue weighted by Gasteiger charge is -2.18. The van der Waals surface area contributed by atoms with Crippen LogP contribution in [0.4, 0.5) is 19.3 Å². The molecule has 0 heterocycles. The van der Waals surface area contributed by atoms with E-state index in [9.17, 15) is 18.4 Å². The van der Waals surface area contributed by atoms with Gasteiger partial charge in [0.1, 0.15) is 28.7 Å². The number of amides is 3. The third-order valence-corrected chi connectivity index (χ3v) is 6.51. The number of hydrogen-bond acceptors (Lipinski definition) is 3. The van der Waals surface area contributed by atoms with Crippen molar-refractivity contribution in [2.45, 2.75) is 27.7 Å². The Morgan fingerprint density at radius 1 is 0.970 bits per heavy atom. The molecule has 3 aromatic carbocycles. The molecule has 0 aliphatic rings. The quantitative estimate of drug-likeness (QED) is 0.365. The van der Waals surface area contributed by atoms with E-state index in [2.05, 4.69) is 21.2 Å². The third kappa shape index (κ3) is 5.17. The third-order valence-electron chi connectivity index (χ3n) is 5.20. The minimum absolute atomic E-state index is 0.275. The number of carbonyl (C=O) groups excluding carboxylic acids is 2. The van der Waals surface area contributed by atoms with Crippen LogP contribution >= 0.6 is 27.5 Å². The summed E-state index contributed by atoms with van der Waals surface area (Å²) in [4.78, 5) is 24.5. The van der Waals surface area contributed by atoms with Crippen LogP contribution in [0.3, 0.4) is 0 Å². The number of urea groups is 1. The minimum atomic E-state index is -1.20. The Kier molecular flexibility index (Phi) is 7.39. The summed E-state index contributed by atoms with van der Waals surface area (Å²) >= 11 is 10.0. The summed E-state index contributed by atoms with van der Waals surface area (Å²) in [6.45, 7) is 7.32. The molecule has 9 heteroatoms. The number of ether oxygens (including phenoxy) is 1. The van der Waals surface area contributed by atoms with Crippen LogP contribution in [0.1, 0.15) is 32.6 Å². The Bertz CT molecular complexity index is 1260. The Labute approximate surface area is 203 Å². The Morgan fingerprint density at radius 3 is 2.24 bits per heavy atom. The molecule has 3 aromatic rings. The van der Waals surface area contributed by atoms with Crippen molar-refractivity contribution in [2.75, 3.05) is 5.32 Å². The number of rotatable bonds is 4. The van der Waals surface area contributed by atoms with Gasteiger partial charge in [-0.2, -0.15) is 0 Å². The molecule has 0 radical (unpaired) electrons. The molecule has 0 spiro atoms. The summed E-state index contributed by atoms with van der Waals surface area (Å²) < 4.78 is 34.6. The zero-order valence-corrected chi connectivity index (χ0v) is 20.5. The average Bonchev–Trinajstić information content (AvgIpc) is 2.74. The largest absolute Gasteiger partial charge is 0.455 e. The van der Waals surface area contributed by atoms with Crippen LogP contribution in [-0.2, 0) is 0 Å². The number of imide groups is 1. The highest BCUT2D eigenvalue weighted by Crippen LogP contribution is 2.40. The molecule has 0 saturated carbocycles. The van der Waals surface area contributed by atoms with Gasteiger partial charge in [-0.1, -0.05) is 33.6 Å². The van der Waals surface area contributed by atoms with Gasteiger partial charge in [0.05, 0.1) is 5.02 Å². The van der Waals surface area contributed by atoms with E-state index in [0.29, 0.717) is 28.3 Å². The average molecular weight is 538 g/mol. The number of nitrogens with one attached hydrogen (secondary N) is 2. The van der Waals surface area contributed by atoms with Crippen molar-refractivity contribution >= 4 is 45.2 Å². The van der Waals surface area contributed by atoms with E-state index in [-0.39, 0.29) is 5.02 Å². The molecule has 0 fully saturated rings. The smallest absolute Gasteiger partial charge is 0.326 e. The van der Waals surface area contributed by atoms with Crippen LogP contribution in [0.2, 0.25) is 5.02 Å². The lowest BCUT2D eigenvalue weighted by atomic mass is 10.1. The molecule has 0 unspecified atom stereocenters. The lowest BCUT2D eigenvalue weighted by molar-refractivity contribution is 0.0959. The number of benzene rings is 3. The lowest BCUT2D eigenvalue weighted by Crippen LogP contribution is -2.35. The van der Waals surface area contributed by atoms with Gasteiger partial charge >= 0.3 is 6.03 Å². The molecule has 3 amide bonds. The Hall–Kier alpha value is -2.97. The number of halogens is 4. The first kappa shape index (κ1) is 24.7. The van der Waals surface area contributed by atoms with Crippen molar-refractivity contribution in [3.63, 3.8) is 0 Å². The minimum Gasteiger partial charge on any atom is -0.455 e. The van der Waals surface area contributed by atoms with E-state index in [1.54, 1.807) is 19.9 Å². The highest BCUT2D eigenvalue weighted by molar-refractivity contribution is 9.10. The SMILES string of the molecule is Cc1cc(NC(=O)NC(=O)c2c(F)cccc2F)c(C)c(Cl)c1Oc1ccc(Br)c(C)c1C. The van der Waals surface area contributed by atoms with Crippen LogP contribution in [0, 0.1) is 39.3 Å². The van der Waals surface area contributed by atoms with Crippen molar-refractivity contribution in [1.82, 2.24) is 5.32 Å². The predicted octanol–water partition coefficient (Wildman–Crippen LogP) is 7.37. The fraction of sp³-hybridized carbons (Fsp3) is 0.167. The zero-order chi connectivity index (χ0) is 24.4. The highest BCUT2D eigenvalue weighted by atomic mass is 79.9. The van der Waals surface area contributed by atoms with Crippen molar-refractivity contribution in [1.29, 1.82) is 0 Å². The van der Waals surface area contributed by atoms with Gasteiger partial charge < -0.3 is 10.1 Å². The van der Waals surface area contributed by atoms with Gasteiger partial charge in [-0.25, -0.2) is 13.6 Å². The fourth-order valence-electron chi connectivity index (χ4n) is 3.12. The number of aryl methyl sites for hydroxylation is 1. The van der Waals surface area contributed by atoms with Crippen LogP contribution in [0.5, 0.6) is 11.5 Å². The molecular formula is C24H20BrClF2N2O3. The summed E-state index contributed by atoms with van der Waals surface area (Å²) in [5, 5.41) is 4.68. The van der Waals surface area contributed by atoms with E-state index >= 15 is 0 Å². The van der Waals surface area contributed by atoms with Crippen LogP contribution in [0.15, 0.2) is 40.9 Å². The molecule has 0 bridgehead atoms. The molecule has 33 heavy (non-hydrogen) atoms. The van der Waals surface area contributed by atoms with Crippen molar-refractivity contribution in [3.8, 4) is 11.5 Å². The molecule has 172 valence electrons. The maximum atomic E-state index is 13.8. The molecule has 2 N–H and O–H groups in total.